The number of carbonyl (C=O) groups excluding carboxylic acids is 2. The molecule has 1 saturated carbocycles. The molecule has 0 bridgehead atoms. The number of anilines is 1. The van der Waals surface area contributed by atoms with E-state index < -0.39 is 12.2 Å². The van der Waals surface area contributed by atoms with Gasteiger partial charge in [0.05, 0.1) is 12.8 Å². The summed E-state index contributed by atoms with van der Waals surface area (Å²) in [6, 6.07) is 1.36. The maximum Gasteiger partial charge on any atom is 0.376 e. The first kappa shape index (κ1) is 18.0. The molecule has 0 radical (unpaired) electrons. The summed E-state index contributed by atoms with van der Waals surface area (Å²) in [6.45, 7) is 2.09. The van der Waals surface area contributed by atoms with Gasteiger partial charge in [-0.05, 0) is 31.4 Å². The Labute approximate surface area is 161 Å². The number of esters is 1. The van der Waals surface area contributed by atoms with Gasteiger partial charge in [-0.1, -0.05) is 30.6 Å². The molecule has 2 aromatic heterocycles. The van der Waals surface area contributed by atoms with Crippen LogP contribution in [0.4, 0.5) is 9.93 Å². The summed E-state index contributed by atoms with van der Waals surface area (Å²) >= 11 is 1.41. The highest BCUT2D eigenvalue weighted by Crippen LogP contribution is 2.37. The smallest absolute Gasteiger partial charge is 0.376 e. The van der Waals surface area contributed by atoms with Crippen molar-refractivity contribution >= 4 is 28.5 Å². The molecule has 0 aromatic carbocycles. The van der Waals surface area contributed by atoms with Crippen molar-refractivity contribution in [3.63, 3.8) is 0 Å². The van der Waals surface area contributed by atoms with Crippen LogP contribution in [0.15, 0.2) is 16.7 Å². The highest BCUT2D eigenvalue weighted by atomic mass is 32.1. The Morgan fingerprint density at radius 2 is 2.07 bits per heavy atom. The first-order valence-corrected chi connectivity index (χ1v) is 9.98. The SMILES string of the molecule is Cc1coc(C(=O)OC2CN(C)C(=O)N2c2nnc(C3CCCCC3)s2)c1. The second-order valence-corrected chi connectivity index (χ2v) is 8.13. The molecule has 2 aliphatic rings. The zero-order valence-electron chi connectivity index (χ0n) is 15.4. The molecule has 3 heterocycles. The topological polar surface area (TPSA) is 88.8 Å². The minimum atomic E-state index is -0.757. The number of likely N-dealkylation sites (N-methyl/N-ethyl adjacent to an activating group) is 1. The van der Waals surface area contributed by atoms with Crippen LogP contribution in [0.1, 0.15) is 59.1 Å². The van der Waals surface area contributed by atoms with Gasteiger partial charge in [-0.2, -0.15) is 0 Å². The highest BCUT2D eigenvalue weighted by molar-refractivity contribution is 7.15. The zero-order chi connectivity index (χ0) is 19.0. The lowest BCUT2D eigenvalue weighted by atomic mass is 9.90. The predicted molar refractivity (Wildman–Crippen MR) is 98.9 cm³/mol. The van der Waals surface area contributed by atoms with Crippen LogP contribution in [0.2, 0.25) is 0 Å². The molecular weight excluding hydrogens is 368 g/mol. The lowest BCUT2D eigenvalue weighted by Crippen LogP contribution is -2.37. The Hall–Kier alpha value is -2.42. The highest BCUT2D eigenvalue weighted by Gasteiger charge is 2.41. The molecule has 0 N–H and O–H groups in total. The number of nitrogens with zero attached hydrogens (tertiary/aromatic N) is 4. The van der Waals surface area contributed by atoms with E-state index in [2.05, 4.69) is 10.2 Å². The third-order valence-corrected chi connectivity index (χ3v) is 6.10. The Morgan fingerprint density at radius 1 is 1.30 bits per heavy atom. The van der Waals surface area contributed by atoms with Gasteiger partial charge in [-0.25, -0.2) is 14.5 Å². The molecule has 2 amide bonds. The van der Waals surface area contributed by atoms with Gasteiger partial charge < -0.3 is 14.1 Å². The standard InChI is InChI=1S/C18H22N4O4S/c1-11-8-13(25-10-11)16(23)26-14-9-21(2)18(24)22(14)17-20-19-15(27-17)12-6-4-3-5-7-12/h8,10,12,14H,3-7,9H2,1-2H3. The van der Waals surface area contributed by atoms with Crippen molar-refractivity contribution in [2.24, 2.45) is 0 Å². The average molecular weight is 390 g/mol. The molecule has 1 aliphatic carbocycles. The number of aromatic nitrogens is 2. The summed E-state index contributed by atoms with van der Waals surface area (Å²) in [5.41, 5.74) is 0.833. The van der Waals surface area contributed by atoms with Crippen molar-refractivity contribution < 1.29 is 18.7 Å². The molecule has 1 aliphatic heterocycles. The number of rotatable bonds is 4. The van der Waals surface area contributed by atoms with Crippen LogP contribution in [-0.4, -0.2) is 46.9 Å². The van der Waals surface area contributed by atoms with Crippen LogP contribution in [0, 0.1) is 6.92 Å². The number of carbonyl (C=O) groups is 2. The van der Waals surface area contributed by atoms with Crippen LogP contribution in [0.5, 0.6) is 0 Å². The Kier molecular flexibility index (Phi) is 4.86. The summed E-state index contributed by atoms with van der Waals surface area (Å²) in [7, 11) is 1.67. The number of urea groups is 1. The Morgan fingerprint density at radius 3 is 2.78 bits per heavy atom. The Balaban J connectivity index is 1.53. The molecule has 2 fully saturated rings. The zero-order valence-corrected chi connectivity index (χ0v) is 16.2. The molecule has 1 saturated heterocycles. The number of hydrogen-bond donors (Lipinski definition) is 0. The lowest BCUT2D eigenvalue weighted by Gasteiger charge is -2.20. The van der Waals surface area contributed by atoms with Crippen molar-refractivity contribution in [1.29, 1.82) is 0 Å². The second kappa shape index (κ2) is 7.30. The normalized spacial score (nSPS) is 21.1. The van der Waals surface area contributed by atoms with Crippen LogP contribution in [-0.2, 0) is 4.74 Å². The number of amides is 2. The molecule has 27 heavy (non-hydrogen) atoms. The Bertz CT molecular complexity index is 842. The molecule has 4 rings (SSSR count). The van der Waals surface area contributed by atoms with E-state index in [0.717, 1.165) is 23.4 Å². The number of furan rings is 1. The fourth-order valence-corrected chi connectivity index (χ4v) is 4.60. The lowest BCUT2D eigenvalue weighted by molar-refractivity contribution is 0.0295. The fourth-order valence-electron chi connectivity index (χ4n) is 3.55. The van der Waals surface area contributed by atoms with Crippen LogP contribution >= 0.6 is 11.3 Å². The molecule has 8 nitrogen and oxygen atoms in total. The van der Waals surface area contributed by atoms with E-state index >= 15 is 0 Å². The second-order valence-electron chi connectivity index (χ2n) is 7.14. The minimum Gasteiger partial charge on any atom is -0.457 e. The molecule has 9 heteroatoms. The fraction of sp³-hybridized carbons (Fsp3) is 0.556. The van der Waals surface area contributed by atoms with Crippen LogP contribution in [0.25, 0.3) is 0 Å². The van der Waals surface area contributed by atoms with Crippen molar-refractivity contribution in [2.75, 3.05) is 18.5 Å². The number of hydrogen-bond acceptors (Lipinski definition) is 7. The van der Waals surface area contributed by atoms with Gasteiger partial charge in [-0.15, -0.1) is 10.2 Å². The molecular formula is C18H22N4O4S. The first-order chi connectivity index (χ1) is 13.0. The van der Waals surface area contributed by atoms with E-state index in [9.17, 15) is 9.59 Å². The van der Waals surface area contributed by atoms with Crippen molar-refractivity contribution in [2.45, 2.75) is 51.2 Å². The van der Waals surface area contributed by atoms with Gasteiger partial charge in [0, 0.05) is 13.0 Å². The largest absolute Gasteiger partial charge is 0.457 e. The van der Waals surface area contributed by atoms with E-state index in [1.54, 1.807) is 13.1 Å². The van der Waals surface area contributed by atoms with Gasteiger partial charge in [0.15, 0.2) is 0 Å². The van der Waals surface area contributed by atoms with Gasteiger partial charge in [0.2, 0.25) is 17.1 Å². The molecule has 0 spiro atoms. The van der Waals surface area contributed by atoms with Gasteiger partial charge >= 0.3 is 12.0 Å². The average Bonchev–Trinajstić information content (AvgIpc) is 3.37. The summed E-state index contributed by atoms with van der Waals surface area (Å²) in [4.78, 5) is 27.9. The van der Waals surface area contributed by atoms with E-state index in [-0.39, 0.29) is 18.3 Å². The summed E-state index contributed by atoms with van der Waals surface area (Å²) in [6.07, 6.45) is 6.62. The summed E-state index contributed by atoms with van der Waals surface area (Å²) < 4.78 is 10.7. The van der Waals surface area contributed by atoms with E-state index in [4.69, 9.17) is 9.15 Å². The molecule has 144 valence electrons. The monoisotopic (exact) mass is 390 g/mol. The summed E-state index contributed by atoms with van der Waals surface area (Å²) in [5.74, 6) is -0.0691. The molecule has 1 atom stereocenters. The van der Waals surface area contributed by atoms with Crippen molar-refractivity contribution in [3.05, 3.63) is 28.7 Å². The summed E-state index contributed by atoms with van der Waals surface area (Å²) in [5, 5.41) is 9.97. The number of aryl methyl sites for hydroxylation is 1. The predicted octanol–water partition coefficient (Wildman–Crippen LogP) is 3.54. The molecule has 1 unspecified atom stereocenters. The van der Waals surface area contributed by atoms with Crippen molar-refractivity contribution in [3.8, 4) is 0 Å². The van der Waals surface area contributed by atoms with Crippen LogP contribution in [0.3, 0.4) is 0 Å². The van der Waals surface area contributed by atoms with E-state index in [0.29, 0.717) is 11.0 Å². The van der Waals surface area contributed by atoms with Crippen molar-refractivity contribution in [1.82, 2.24) is 15.1 Å². The van der Waals surface area contributed by atoms with Gasteiger partial charge in [0.1, 0.15) is 5.01 Å². The van der Waals surface area contributed by atoms with E-state index in [1.165, 1.54) is 46.7 Å². The van der Waals surface area contributed by atoms with Crippen LogP contribution < -0.4 is 4.90 Å². The van der Waals surface area contributed by atoms with Gasteiger partial charge in [0.25, 0.3) is 0 Å². The number of ether oxygens (including phenoxy) is 1. The molecule has 2 aromatic rings. The third-order valence-electron chi connectivity index (χ3n) is 5.02. The van der Waals surface area contributed by atoms with Gasteiger partial charge in [-0.3, -0.25) is 0 Å². The third kappa shape index (κ3) is 3.55. The maximum atomic E-state index is 12.6. The minimum absolute atomic E-state index is 0.120. The maximum absolute atomic E-state index is 12.6. The van der Waals surface area contributed by atoms with E-state index in [1.807, 2.05) is 6.92 Å². The first-order valence-electron chi connectivity index (χ1n) is 9.17. The quantitative estimate of drug-likeness (QED) is 0.742.